The molecule has 1 fully saturated rings. The number of hydrogen-bond donors (Lipinski definition) is 1. The zero-order valence-electron chi connectivity index (χ0n) is 10.4. The number of nitrogens with zero attached hydrogens (tertiary/aromatic N) is 1. The molecule has 0 bridgehead atoms. The van der Waals surface area contributed by atoms with E-state index in [1.165, 1.54) is 5.56 Å². The number of amides is 2. The number of likely N-dealkylation sites (tertiary alicyclic amines) is 1. The van der Waals surface area contributed by atoms with Gasteiger partial charge in [0.1, 0.15) is 6.10 Å². The molecule has 4 heteroatoms. The fourth-order valence-electron chi connectivity index (χ4n) is 2.05. The van der Waals surface area contributed by atoms with Crippen molar-refractivity contribution in [2.45, 2.75) is 38.8 Å². The minimum Gasteiger partial charge on any atom is -0.383 e. The van der Waals surface area contributed by atoms with Crippen molar-refractivity contribution in [3.05, 3.63) is 35.4 Å². The maximum atomic E-state index is 11.7. The van der Waals surface area contributed by atoms with Gasteiger partial charge in [0.25, 0.3) is 5.91 Å². The highest BCUT2D eigenvalue weighted by Crippen LogP contribution is 2.16. The summed E-state index contributed by atoms with van der Waals surface area (Å²) < 4.78 is 0. The van der Waals surface area contributed by atoms with Crippen LogP contribution in [0.25, 0.3) is 0 Å². The number of rotatable bonds is 3. The third-order valence-electron chi connectivity index (χ3n) is 3.26. The van der Waals surface area contributed by atoms with Gasteiger partial charge in [-0.05, 0) is 24.0 Å². The molecule has 2 rings (SSSR count). The van der Waals surface area contributed by atoms with Crippen molar-refractivity contribution in [1.82, 2.24) is 4.90 Å². The molecule has 1 aromatic carbocycles. The Bertz CT molecular complexity index is 453. The van der Waals surface area contributed by atoms with E-state index in [2.05, 4.69) is 6.92 Å². The first-order chi connectivity index (χ1) is 8.61. The van der Waals surface area contributed by atoms with Crippen molar-refractivity contribution in [2.75, 3.05) is 0 Å². The van der Waals surface area contributed by atoms with Crippen molar-refractivity contribution in [1.29, 1.82) is 0 Å². The van der Waals surface area contributed by atoms with E-state index >= 15 is 0 Å². The summed E-state index contributed by atoms with van der Waals surface area (Å²) >= 11 is 0. The Kier molecular flexibility index (Phi) is 3.77. The van der Waals surface area contributed by atoms with Crippen molar-refractivity contribution in [3.8, 4) is 0 Å². The average Bonchev–Trinajstić information content (AvgIpc) is 2.40. The van der Waals surface area contributed by atoms with Gasteiger partial charge in [-0.2, -0.15) is 0 Å². The van der Waals surface area contributed by atoms with E-state index in [9.17, 15) is 14.7 Å². The van der Waals surface area contributed by atoms with E-state index in [4.69, 9.17) is 0 Å². The Morgan fingerprint density at radius 3 is 2.44 bits per heavy atom. The molecule has 1 saturated heterocycles. The normalized spacial score (nSPS) is 20.3. The zero-order valence-corrected chi connectivity index (χ0v) is 10.4. The minimum atomic E-state index is -1.03. The Morgan fingerprint density at radius 1 is 1.22 bits per heavy atom. The fraction of sp³-hybridized carbons (Fsp3) is 0.429. The first kappa shape index (κ1) is 12.8. The summed E-state index contributed by atoms with van der Waals surface area (Å²) in [4.78, 5) is 24.5. The summed E-state index contributed by atoms with van der Waals surface area (Å²) in [6, 6.07) is 7.82. The van der Waals surface area contributed by atoms with Crippen LogP contribution < -0.4 is 0 Å². The molecule has 0 saturated carbocycles. The molecule has 96 valence electrons. The van der Waals surface area contributed by atoms with E-state index < -0.39 is 12.0 Å². The Morgan fingerprint density at radius 2 is 1.83 bits per heavy atom. The number of piperidine rings is 1. The summed E-state index contributed by atoms with van der Waals surface area (Å²) in [6.45, 7) is 2.32. The highest BCUT2D eigenvalue weighted by Gasteiger charge is 2.32. The van der Waals surface area contributed by atoms with Crippen LogP contribution in [0.1, 0.15) is 30.9 Å². The molecule has 0 aliphatic carbocycles. The van der Waals surface area contributed by atoms with E-state index in [1.807, 2.05) is 24.3 Å². The van der Waals surface area contributed by atoms with Gasteiger partial charge in [-0.15, -0.1) is 0 Å². The predicted octanol–water partition coefficient (Wildman–Crippen LogP) is 1.26. The van der Waals surface area contributed by atoms with Gasteiger partial charge in [-0.1, -0.05) is 31.2 Å². The van der Waals surface area contributed by atoms with Crippen molar-refractivity contribution >= 4 is 11.8 Å². The number of aliphatic hydroxyl groups is 1. The van der Waals surface area contributed by atoms with Crippen LogP contribution in [0.4, 0.5) is 0 Å². The molecule has 4 nitrogen and oxygen atoms in total. The molecule has 2 amide bonds. The highest BCUT2D eigenvalue weighted by atomic mass is 16.3. The molecule has 1 aliphatic heterocycles. The van der Waals surface area contributed by atoms with Crippen LogP contribution in [-0.2, 0) is 22.6 Å². The summed E-state index contributed by atoms with van der Waals surface area (Å²) in [6.07, 6.45) is 0.404. The van der Waals surface area contributed by atoms with Crippen LogP contribution in [0, 0.1) is 0 Å². The Hall–Kier alpha value is -1.68. The lowest BCUT2D eigenvalue weighted by molar-refractivity contribution is -0.156. The molecule has 1 unspecified atom stereocenters. The smallest absolute Gasteiger partial charge is 0.258 e. The summed E-state index contributed by atoms with van der Waals surface area (Å²) in [5.74, 6) is -0.685. The van der Waals surface area contributed by atoms with Gasteiger partial charge >= 0.3 is 0 Å². The first-order valence-electron chi connectivity index (χ1n) is 6.22. The average molecular weight is 247 g/mol. The van der Waals surface area contributed by atoms with Gasteiger partial charge in [-0.25, -0.2) is 0 Å². The number of carbonyl (C=O) groups excluding carboxylic acids is 2. The second kappa shape index (κ2) is 5.31. The lowest BCUT2D eigenvalue weighted by Crippen LogP contribution is -2.47. The summed E-state index contributed by atoms with van der Waals surface area (Å²) in [7, 11) is 0. The number of benzene rings is 1. The van der Waals surface area contributed by atoms with Crippen LogP contribution in [0.3, 0.4) is 0 Å². The third kappa shape index (κ3) is 2.59. The second-order valence-electron chi connectivity index (χ2n) is 4.54. The van der Waals surface area contributed by atoms with Crippen LogP contribution in [0.2, 0.25) is 0 Å². The largest absolute Gasteiger partial charge is 0.383 e. The highest BCUT2D eigenvalue weighted by molar-refractivity contribution is 5.99. The molecule has 18 heavy (non-hydrogen) atoms. The van der Waals surface area contributed by atoms with Gasteiger partial charge in [0, 0.05) is 6.42 Å². The second-order valence-corrected chi connectivity index (χ2v) is 4.54. The number of imide groups is 1. The minimum absolute atomic E-state index is 0.204. The van der Waals surface area contributed by atoms with E-state index in [1.54, 1.807) is 0 Å². The molecule has 1 aromatic rings. The van der Waals surface area contributed by atoms with Gasteiger partial charge in [0.15, 0.2) is 0 Å². The quantitative estimate of drug-likeness (QED) is 0.818. The molecule has 1 heterocycles. The van der Waals surface area contributed by atoms with Gasteiger partial charge in [0.2, 0.25) is 5.91 Å². The topological polar surface area (TPSA) is 57.6 Å². The molecule has 0 aromatic heterocycles. The molecule has 1 N–H and O–H groups in total. The molecular weight excluding hydrogens is 230 g/mol. The van der Waals surface area contributed by atoms with E-state index in [0.29, 0.717) is 0 Å². The van der Waals surface area contributed by atoms with Crippen molar-refractivity contribution in [3.63, 3.8) is 0 Å². The molecular formula is C14H17NO3. The number of carbonyl (C=O) groups is 2. The predicted molar refractivity (Wildman–Crippen MR) is 66.6 cm³/mol. The Labute approximate surface area is 106 Å². The van der Waals surface area contributed by atoms with Gasteiger partial charge in [0.05, 0.1) is 6.54 Å². The van der Waals surface area contributed by atoms with Crippen molar-refractivity contribution in [2.24, 2.45) is 0 Å². The maximum absolute atomic E-state index is 11.7. The zero-order chi connectivity index (χ0) is 13.1. The maximum Gasteiger partial charge on any atom is 0.258 e. The molecule has 1 aliphatic rings. The number of hydrogen-bond acceptors (Lipinski definition) is 3. The SMILES string of the molecule is CCc1ccc(CN2C(=O)CCC(O)C2=O)cc1. The van der Waals surface area contributed by atoms with E-state index in [-0.39, 0.29) is 25.3 Å². The Balaban J connectivity index is 2.11. The van der Waals surface area contributed by atoms with E-state index in [0.717, 1.165) is 16.9 Å². The lowest BCUT2D eigenvalue weighted by atomic mass is 10.0. The molecule has 0 radical (unpaired) electrons. The molecule has 0 spiro atoms. The van der Waals surface area contributed by atoms with Crippen LogP contribution in [0.5, 0.6) is 0 Å². The van der Waals surface area contributed by atoms with Crippen molar-refractivity contribution < 1.29 is 14.7 Å². The van der Waals surface area contributed by atoms with Crippen LogP contribution in [0.15, 0.2) is 24.3 Å². The number of aliphatic hydroxyl groups excluding tert-OH is 1. The number of aryl methyl sites for hydroxylation is 1. The lowest BCUT2D eigenvalue weighted by Gasteiger charge is -2.28. The van der Waals surface area contributed by atoms with Crippen LogP contribution in [-0.4, -0.2) is 27.9 Å². The first-order valence-corrected chi connectivity index (χ1v) is 6.22. The summed E-state index contributed by atoms with van der Waals surface area (Å²) in [5.41, 5.74) is 2.12. The summed E-state index contributed by atoms with van der Waals surface area (Å²) in [5, 5.41) is 9.48. The fourth-order valence-corrected chi connectivity index (χ4v) is 2.05. The van der Waals surface area contributed by atoms with Gasteiger partial charge in [-0.3, -0.25) is 14.5 Å². The standard InChI is InChI=1S/C14H17NO3/c1-2-10-3-5-11(6-4-10)9-15-13(17)8-7-12(16)14(15)18/h3-6,12,16H,2,7-9H2,1H3. The third-order valence-corrected chi connectivity index (χ3v) is 3.26. The monoisotopic (exact) mass is 247 g/mol. The van der Waals surface area contributed by atoms with Gasteiger partial charge < -0.3 is 5.11 Å². The molecule has 1 atom stereocenters. The van der Waals surface area contributed by atoms with Crippen LogP contribution >= 0.6 is 0 Å².